The molecule has 2 rings (SSSR count). The molecule has 1 aliphatic heterocycles. The molecule has 1 fully saturated rings. The van der Waals surface area contributed by atoms with Crippen molar-refractivity contribution in [2.24, 2.45) is 5.41 Å². The van der Waals surface area contributed by atoms with Crippen LogP contribution in [0.5, 0.6) is 0 Å². The van der Waals surface area contributed by atoms with E-state index in [0.717, 1.165) is 23.2 Å². The van der Waals surface area contributed by atoms with Crippen LogP contribution in [0, 0.1) is 5.41 Å². The van der Waals surface area contributed by atoms with E-state index in [4.69, 9.17) is 5.11 Å². The van der Waals surface area contributed by atoms with E-state index in [9.17, 15) is 4.79 Å². The van der Waals surface area contributed by atoms with E-state index in [-0.39, 0.29) is 5.41 Å². The molecule has 0 atom stereocenters. The number of benzene rings is 1. The lowest BCUT2D eigenvalue weighted by atomic mass is 9.83. The van der Waals surface area contributed by atoms with Gasteiger partial charge in [-0.05, 0) is 33.5 Å². The van der Waals surface area contributed by atoms with Crippen molar-refractivity contribution in [2.45, 2.75) is 13.8 Å². The molecule has 1 heterocycles. The number of aromatic carboxylic acids is 1. The van der Waals surface area contributed by atoms with Gasteiger partial charge in [0.15, 0.2) is 0 Å². The summed E-state index contributed by atoms with van der Waals surface area (Å²) in [6.45, 7) is 6.16. The highest BCUT2D eigenvalue weighted by atomic mass is 79.9. The van der Waals surface area contributed by atoms with Gasteiger partial charge in [0.1, 0.15) is 0 Å². The summed E-state index contributed by atoms with van der Waals surface area (Å²) in [5, 5.41) is 9.14. The Bertz CT molecular complexity index is 435. The van der Waals surface area contributed by atoms with Crippen LogP contribution in [0.3, 0.4) is 0 Å². The van der Waals surface area contributed by atoms with Crippen LogP contribution in [0.1, 0.15) is 24.2 Å². The molecule has 4 heteroatoms. The molecule has 0 radical (unpaired) electrons. The molecule has 1 aromatic rings. The third kappa shape index (κ3) is 1.94. The Morgan fingerprint density at radius 1 is 1.44 bits per heavy atom. The molecule has 0 unspecified atom stereocenters. The number of carboxylic acid groups (broad SMARTS) is 1. The van der Waals surface area contributed by atoms with E-state index >= 15 is 0 Å². The molecule has 1 aliphatic rings. The molecule has 0 spiro atoms. The molecule has 0 saturated carbocycles. The van der Waals surface area contributed by atoms with Crippen LogP contribution in [-0.4, -0.2) is 24.2 Å². The summed E-state index contributed by atoms with van der Waals surface area (Å²) >= 11 is 3.42. The van der Waals surface area contributed by atoms with Gasteiger partial charge in [-0.3, -0.25) is 0 Å². The van der Waals surface area contributed by atoms with Crippen LogP contribution in [0.25, 0.3) is 0 Å². The quantitative estimate of drug-likeness (QED) is 0.907. The van der Waals surface area contributed by atoms with Crippen molar-refractivity contribution < 1.29 is 9.90 Å². The van der Waals surface area contributed by atoms with Crippen molar-refractivity contribution in [2.75, 3.05) is 18.0 Å². The van der Waals surface area contributed by atoms with E-state index in [2.05, 4.69) is 34.7 Å². The molecule has 3 nitrogen and oxygen atoms in total. The van der Waals surface area contributed by atoms with Crippen LogP contribution < -0.4 is 4.90 Å². The minimum absolute atomic E-state index is 0.283. The Labute approximate surface area is 103 Å². The molecule has 0 aromatic heterocycles. The number of hydrogen-bond acceptors (Lipinski definition) is 2. The Morgan fingerprint density at radius 2 is 2.06 bits per heavy atom. The smallest absolute Gasteiger partial charge is 0.337 e. The third-order valence-corrected chi connectivity index (χ3v) is 3.41. The summed E-state index contributed by atoms with van der Waals surface area (Å²) < 4.78 is 0.850. The summed E-state index contributed by atoms with van der Waals surface area (Å²) in [5.74, 6) is -0.874. The summed E-state index contributed by atoms with van der Waals surface area (Å²) in [6, 6.07) is 5.28. The second-order valence-corrected chi connectivity index (χ2v) is 5.82. The van der Waals surface area contributed by atoms with Crippen molar-refractivity contribution in [3.05, 3.63) is 28.2 Å². The van der Waals surface area contributed by atoms with Gasteiger partial charge in [-0.25, -0.2) is 4.79 Å². The third-order valence-electron chi connectivity index (χ3n) is 2.77. The van der Waals surface area contributed by atoms with Gasteiger partial charge in [0.05, 0.1) is 11.3 Å². The van der Waals surface area contributed by atoms with E-state index < -0.39 is 5.97 Å². The number of carbonyl (C=O) groups is 1. The highest BCUT2D eigenvalue weighted by Crippen LogP contribution is 2.39. The second kappa shape index (κ2) is 3.77. The van der Waals surface area contributed by atoms with Crippen molar-refractivity contribution in [3.8, 4) is 0 Å². The average Bonchev–Trinajstić information content (AvgIpc) is 2.13. The molecule has 0 aliphatic carbocycles. The summed E-state index contributed by atoms with van der Waals surface area (Å²) in [7, 11) is 0. The zero-order valence-electron chi connectivity index (χ0n) is 9.33. The summed E-state index contributed by atoms with van der Waals surface area (Å²) in [4.78, 5) is 13.2. The lowest BCUT2D eigenvalue weighted by Gasteiger charge is -2.48. The Hall–Kier alpha value is -1.03. The molecule has 0 amide bonds. The molecular formula is C12H14BrNO2. The number of hydrogen-bond donors (Lipinski definition) is 1. The van der Waals surface area contributed by atoms with Crippen molar-refractivity contribution in [3.63, 3.8) is 0 Å². The van der Waals surface area contributed by atoms with Crippen molar-refractivity contribution in [1.82, 2.24) is 0 Å². The van der Waals surface area contributed by atoms with Gasteiger partial charge in [0.2, 0.25) is 0 Å². The van der Waals surface area contributed by atoms with Gasteiger partial charge in [-0.15, -0.1) is 0 Å². The first-order valence-corrected chi connectivity index (χ1v) is 5.97. The predicted octanol–water partition coefficient (Wildman–Crippen LogP) is 2.99. The van der Waals surface area contributed by atoms with Crippen LogP contribution in [0.4, 0.5) is 5.69 Å². The molecule has 1 N–H and O–H groups in total. The van der Waals surface area contributed by atoms with Gasteiger partial charge < -0.3 is 10.0 Å². The predicted molar refractivity (Wildman–Crippen MR) is 67.1 cm³/mol. The van der Waals surface area contributed by atoms with E-state index in [1.54, 1.807) is 12.1 Å². The van der Waals surface area contributed by atoms with Gasteiger partial charge in [-0.1, -0.05) is 19.9 Å². The number of anilines is 1. The van der Waals surface area contributed by atoms with Gasteiger partial charge in [0, 0.05) is 17.6 Å². The molecule has 0 bridgehead atoms. The summed E-state index contributed by atoms with van der Waals surface area (Å²) in [5.41, 5.74) is 1.45. The Balaban J connectivity index is 2.37. The van der Waals surface area contributed by atoms with Gasteiger partial charge in [0.25, 0.3) is 0 Å². The Morgan fingerprint density at radius 3 is 2.56 bits per heavy atom. The van der Waals surface area contributed by atoms with E-state index in [1.165, 1.54) is 0 Å². The minimum atomic E-state index is -0.874. The lowest BCUT2D eigenvalue weighted by Crippen LogP contribution is -2.53. The second-order valence-electron chi connectivity index (χ2n) is 4.96. The standard InChI is InChI=1S/C12H14BrNO2/c1-12(2)6-14(7-12)10-8(11(15)16)4-3-5-9(10)13/h3-5H,6-7H2,1-2H3,(H,15,16). The maximum absolute atomic E-state index is 11.1. The maximum atomic E-state index is 11.1. The fraction of sp³-hybridized carbons (Fsp3) is 0.417. The van der Waals surface area contributed by atoms with E-state index in [0.29, 0.717) is 5.56 Å². The first kappa shape index (κ1) is 11.5. The first-order chi connectivity index (χ1) is 7.41. The largest absolute Gasteiger partial charge is 0.478 e. The van der Waals surface area contributed by atoms with Crippen molar-refractivity contribution >= 4 is 27.6 Å². The number of nitrogens with zero attached hydrogens (tertiary/aromatic N) is 1. The normalized spacial score (nSPS) is 18.1. The van der Waals surface area contributed by atoms with Crippen LogP contribution in [0.15, 0.2) is 22.7 Å². The molecule has 1 aromatic carbocycles. The van der Waals surface area contributed by atoms with Gasteiger partial charge >= 0.3 is 5.97 Å². The topological polar surface area (TPSA) is 40.5 Å². The zero-order chi connectivity index (χ0) is 11.9. The SMILES string of the molecule is CC1(C)CN(c2c(Br)cccc2C(=O)O)C1. The number of para-hydroxylation sites is 1. The molecule has 16 heavy (non-hydrogen) atoms. The molecule has 86 valence electrons. The number of halogens is 1. The monoisotopic (exact) mass is 283 g/mol. The highest BCUT2D eigenvalue weighted by molar-refractivity contribution is 9.10. The van der Waals surface area contributed by atoms with Crippen LogP contribution >= 0.6 is 15.9 Å². The number of rotatable bonds is 2. The molecular weight excluding hydrogens is 270 g/mol. The van der Waals surface area contributed by atoms with Crippen LogP contribution in [-0.2, 0) is 0 Å². The van der Waals surface area contributed by atoms with Crippen molar-refractivity contribution in [1.29, 1.82) is 0 Å². The zero-order valence-corrected chi connectivity index (χ0v) is 10.9. The number of carboxylic acids is 1. The fourth-order valence-corrected chi connectivity index (χ4v) is 2.77. The Kier molecular flexibility index (Phi) is 2.70. The average molecular weight is 284 g/mol. The fourth-order valence-electron chi connectivity index (χ4n) is 2.15. The maximum Gasteiger partial charge on any atom is 0.337 e. The highest BCUT2D eigenvalue weighted by Gasteiger charge is 2.36. The van der Waals surface area contributed by atoms with E-state index in [1.807, 2.05) is 6.07 Å². The van der Waals surface area contributed by atoms with Gasteiger partial charge in [-0.2, -0.15) is 0 Å². The first-order valence-electron chi connectivity index (χ1n) is 5.17. The summed E-state index contributed by atoms with van der Waals surface area (Å²) in [6.07, 6.45) is 0. The lowest BCUT2D eigenvalue weighted by molar-refractivity contribution is 0.0696. The molecule has 1 saturated heterocycles. The minimum Gasteiger partial charge on any atom is -0.478 e. The van der Waals surface area contributed by atoms with Crippen LogP contribution in [0.2, 0.25) is 0 Å².